The third-order valence-electron chi connectivity index (χ3n) is 2.92. The molecule has 84 valence electrons. The van der Waals surface area contributed by atoms with Crippen molar-refractivity contribution in [3.8, 4) is 0 Å². The van der Waals surface area contributed by atoms with Crippen molar-refractivity contribution in [3.63, 3.8) is 0 Å². The predicted octanol–water partition coefficient (Wildman–Crippen LogP) is 1.45. The Hall–Kier alpha value is -1.35. The first-order chi connectivity index (χ1) is 8.15. The van der Waals surface area contributed by atoms with Crippen LogP contribution in [-0.2, 0) is 0 Å². The molecule has 0 bridgehead atoms. The number of allylic oxidation sites excluding steroid dienone is 2. The van der Waals surface area contributed by atoms with Crippen LogP contribution in [0.4, 0.5) is 0 Å². The molecule has 1 N–H and O–H groups in total. The molecule has 3 atom stereocenters. The van der Waals surface area contributed by atoms with Crippen LogP contribution in [0.25, 0.3) is 10.9 Å². The van der Waals surface area contributed by atoms with Gasteiger partial charge in [0.1, 0.15) is 0 Å². The zero-order valence-electron chi connectivity index (χ0n) is 9.34. The number of aromatic nitrogens is 3. The van der Waals surface area contributed by atoms with Gasteiger partial charge in [0.05, 0.1) is 18.7 Å². The minimum absolute atomic E-state index is 0.0893. The third-order valence-corrected chi connectivity index (χ3v) is 4.13. The molecule has 0 aliphatic heterocycles. The van der Waals surface area contributed by atoms with Gasteiger partial charge in [0, 0.05) is 26.8 Å². The van der Waals surface area contributed by atoms with E-state index in [2.05, 4.69) is 23.1 Å². The molecule has 2 radical (unpaired) electrons. The van der Waals surface area contributed by atoms with E-state index in [-0.39, 0.29) is 11.4 Å². The Balaban J connectivity index is 1.89. The van der Waals surface area contributed by atoms with Crippen LogP contribution in [0.1, 0.15) is 6.92 Å². The van der Waals surface area contributed by atoms with E-state index in [1.54, 1.807) is 12.4 Å². The van der Waals surface area contributed by atoms with Crippen LogP contribution in [-0.4, -0.2) is 28.0 Å². The molecule has 3 rings (SSSR count). The summed E-state index contributed by atoms with van der Waals surface area (Å²) in [6, 6.07) is 1.81. The van der Waals surface area contributed by atoms with Gasteiger partial charge in [0.25, 0.3) is 5.56 Å². The highest BCUT2D eigenvalue weighted by atomic mass is 31.1. The van der Waals surface area contributed by atoms with Gasteiger partial charge in [-0.3, -0.25) is 9.25 Å². The van der Waals surface area contributed by atoms with Gasteiger partial charge in [-0.25, -0.2) is 0 Å². The SMILES string of the molecule is [B]C1C=C1C(C)Pn1cc2c(=O)[nH]ccc2n1. The van der Waals surface area contributed by atoms with Gasteiger partial charge in [0.15, 0.2) is 0 Å². The molecule has 2 aromatic rings. The molecule has 1 aliphatic carbocycles. The number of nitrogens with one attached hydrogen (secondary N) is 1. The average molecular weight is 243 g/mol. The molecule has 2 aromatic heterocycles. The van der Waals surface area contributed by atoms with E-state index >= 15 is 0 Å². The van der Waals surface area contributed by atoms with Crippen molar-refractivity contribution in [3.05, 3.63) is 40.5 Å². The van der Waals surface area contributed by atoms with E-state index in [0.29, 0.717) is 19.8 Å². The zero-order chi connectivity index (χ0) is 12.0. The molecule has 0 amide bonds. The lowest BCUT2D eigenvalue weighted by atomic mass is 9.97. The average Bonchev–Trinajstić information content (AvgIpc) is 2.87. The van der Waals surface area contributed by atoms with Crippen molar-refractivity contribution in [1.29, 1.82) is 0 Å². The summed E-state index contributed by atoms with van der Waals surface area (Å²) in [6.07, 6.45) is 5.49. The van der Waals surface area contributed by atoms with Gasteiger partial charge in [0.2, 0.25) is 0 Å². The first kappa shape index (κ1) is 10.8. The van der Waals surface area contributed by atoms with Crippen LogP contribution in [0.3, 0.4) is 0 Å². The lowest BCUT2D eigenvalue weighted by Crippen LogP contribution is -2.02. The van der Waals surface area contributed by atoms with E-state index in [4.69, 9.17) is 7.85 Å². The van der Waals surface area contributed by atoms with Crippen molar-refractivity contribution in [1.82, 2.24) is 14.5 Å². The molecule has 0 spiro atoms. The fourth-order valence-electron chi connectivity index (χ4n) is 1.89. The number of rotatable bonds is 3. The molecule has 17 heavy (non-hydrogen) atoms. The summed E-state index contributed by atoms with van der Waals surface area (Å²) in [4.78, 5) is 14.2. The number of hydrogen-bond donors (Lipinski definition) is 1. The Bertz CT molecular complexity index is 660. The summed E-state index contributed by atoms with van der Waals surface area (Å²) in [5.41, 5.74) is 2.34. The van der Waals surface area contributed by atoms with Gasteiger partial charge in [-0.05, 0) is 11.9 Å². The second-order valence-electron chi connectivity index (χ2n) is 4.22. The lowest BCUT2D eigenvalue weighted by molar-refractivity contribution is 0.994. The second-order valence-corrected chi connectivity index (χ2v) is 5.81. The summed E-state index contributed by atoms with van der Waals surface area (Å²) in [5, 5.41) is 5.03. The molecule has 2 heterocycles. The van der Waals surface area contributed by atoms with E-state index in [0.717, 1.165) is 5.52 Å². The zero-order valence-corrected chi connectivity index (χ0v) is 10.3. The highest BCUT2D eigenvalue weighted by Gasteiger charge is 2.24. The Morgan fingerprint density at radius 1 is 1.65 bits per heavy atom. The maximum Gasteiger partial charge on any atom is 0.259 e. The van der Waals surface area contributed by atoms with Crippen molar-refractivity contribution in [2.24, 2.45) is 0 Å². The summed E-state index contributed by atoms with van der Waals surface area (Å²) < 4.78 is 1.84. The highest BCUT2D eigenvalue weighted by Crippen LogP contribution is 2.42. The third kappa shape index (κ3) is 1.95. The first-order valence-electron chi connectivity index (χ1n) is 5.46. The van der Waals surface area contributed by atoms with Crippen molar-refractivity contribution in [2.75, 3.05) is 0 Å². The van der Waals surface area contributed by atoms with E-state index in [9.17, 15) is 4.79 Å². The van der Waals surface area contributed by atoms with Crippen LogP contribution in [0.2, 0.25) is 5.82 Å². The highest BCUT2D eigenvalue weighted by molar-refractivity contribution is 7.37. The monoisotopic (exact) mass is 243 g/mol. The Morgan fingerprint density at radius 2 is 2.41 bits per heavy atom. The number of nitrogens with zero attached hydrogens (tertiary/aromatic N) is 2. The quantitative estimate of drug-likeness (QED) is 0.504. The summed E-state index contributed by atoms with van der Waals surface area (Å²) in [7, 11) is 6.24. The first-order valence-corrected chi connectivity index (χ1v) is 6.48. The van der Waals surface area contributed by atoms with Gasteiger partial charge in [-0.1, -0.05) is 18.6 Å². The van der Waals surface area contributed by atoms with Crippen LogP contribution in [0.5, 0.6) is 0 Å². The minimum Gasteiger partial charge on any atom is -0.328 e. The number of aromatic amines is 1. The summed E-state index contributed by atoms with van der Waals surface area (Å²) >= 11 is 0. The number of pyridine rings is 1. The van der Waals surface area contributed by atoms with E-state index < -0.39 is 0 Å². The molecular formula is C11H11BN3OP. The molecule has 1 aliphatic rings. The van der Waals surface area contributed by atoms with Crippen molar-refractivity contribution < 1.29 is 0 Å². The molecular weight excluding hydrogens is 232 g/mol. The number of fused-ring (bicyclic) bond motifs is 1. The van der Waals surface area contributed by atoms with Crippen LogP contribution in [0, 0.1) is 0 Å². The predicted molar refractivity (Wildman–Crippen MR) is 71.1 cm³/mol. The van der Waals surface area contributed by atoms with Crippen molar-refractivity contribution >= 4 is 27.5 Å². The van der Waals surface area contributed by atoms with E-state index in [1.165, 1.54) is 5.57 Å². The van der Waals surface area contributed by atoms with Crippen LogP contribution in [0.15, 0.2) is 34.9 Å². The largest absolute Gasteiger partial charge is 0.328 e. The van der Waals surface area contributed by atoms with Gasteiger partial charge < -0.3 is 4.98 Å². The molecule has 6 heteroatoms. The Kier molecular flexibility index (Phi) is 2.44. The lowest BCUT2D eigenvalue weighted by Gasteiger charge is -2.08. The maximum absolute atomic E-state index is 11.5. The maximum atomic E-state index is 11.5. The second kappa shape index (κ2) is 3.85. The summed E-state index contributed by atoms with van der Waals surface area (Å²) in [6.45, 7) is 2.13. The molecule has 3 unspecified atom stereocenters. The molecule has 0 fully saturated rings. The number of H-pyrrole nitrogens is 1. The smallest absolute Gasteiger partial charge is 0.259 e. The minimum atomic E-state index is -0.0893. The molecule has 4 nitrogen and oxygen atoms in total. The van der Waals surface area contributed by atoms with E-state index in [1.807, 2.05) is 10.5 Å². The van der Waals surface area contributed by atoms with Gasteiger partial charge >= 0.3 is 0 Å². The fourth-order valence-corrected chi connectivity index (χ4v) is 3.09. The van der Waals surface area contributed by atoms with Crippen LogP contribution >= 0.6 is 8.73 Å². The van der Waals surface area contributed by atoms with Gasteiger partial charge in [-0.2, -0.15) is 5.10 Å². The topological polar surface area (TPSA) is 50.7 Å². The summed E-state index contributed by atoms with van der Waals surface area (Å²) in [5.74, 6) is 0.158. The van der Waals surface area contributed by atoms with Crippen LogP contribution < -0.4 is 5.56 Å². The molecule has 0 aromatic carbocycles. The molecule has 0 saturated heterocycles. The normalized spacial score (nSPS) is 21.0. The number of hydrogen-bond acceptors (Lipinski definition) is 2. The standard InChI is InChI=1S/C11H11BN3OP/c1-6(7-4-9(7)12)17-15-5-8-10(14-15)2-3-13-11(8)16/h2-6,9,17H,1H3,(H,13,16). The van der Waals surface area contributed by atoms with Gasteiger partial charge in [-0.15, -0.1) is 0 Å². The fraction of sp³-hybridized carbons (Fsp3) is 0.273. The Labute approximate surface area is 101 Å². The van der Waals surface area contributed by atoms with Crippen molar-refractivity contribution in [2.45, 2.75) is 18.4 Å². The Morgan fingerprint density at radius 3 is 3.06 bits per heavy atom. The molecule has 0 saturated carbocycles.